The highest BCUT2D eigenvalue weighted by Crippen LogP contribution is 2.29. The number of hydrogen-bond donors (Lipinski definition) is 3. The third-order valence-corrected chi connectivity index (χ3v) is 8.64. The fourth-order valence-corrected chi connectivity index (χ4v) is 5.69. The van der Waals surface area contributed by atoms with Crippen LogP contribution in [0.1, 0.15) is 91.4 Å². The fraction of sp³-hybridized carbons (Fsp3) is 0.405. The zero-order valence-corrected chi connectivity index (χ0v) is 32.2. The van der Waals surface area contributed by atoms with Crippen LogP contribution in [-0.2, 0) is 38.1 Å². The number of rotatable bonds is 16. The van der Waals surface area contributed by atoms with Gasteiger partial charge in [0.25, 0.3) is 5.91 Å². The Kier molecular flexibility index (Phi) is 17.9. The normalized spacial score (nSPS) is 19.4. The number of carbonyl (C=O) groups excluding carboxylic acids is 7. The molecule has 14 heteroatoms. The van der Waals surface area contributed by atoms with Crippen molar-refractivity contribution in [2.45, 2.75) is 84.7 Å². The lowest BCUT2D eigenvalue weighted by atomic mass is 9.92. The predicted molar refractivity (Wildman–Crippen MR) is 205 cm³/mol. The number of amides is 2. The monoisotopic (exact) mass is 774 g/mol. The Morgan fingerprint density at radius 3 is 1.93 bits per heavy atom. The van der Waals surface area contributed by atoms with Gasteiger partial charge in [-0.3, -0.25) is 28.8 Å². The van der Waals surface area contributed by atoms with Gasteiger partial charge in [0, 0.05) is 17.5 Å². The molecule has 56 heavy (non-hydrogen) atoms. The molecule has 3 aromatic rings. The van der Waals surface area contributed by atoms with E-state index in [1.807, 2.05) is 32.9 Å². The molecule has 2 amide bonds. The number of phenols is 1. The van der Waals surface area contributed by atoms with E-state index >= 15 is 0 Å². The number of nitrogens with one attached hydrogen (secondary N) is 2. The number of phenolic OH excluding ortho intramolecular Hbond substituents is 1. The number of carbonyl (C=O) groups is 7. The summed E-state index contributed by atoms with van der Waals surface area (Å²) in [6, 6.07) is 20.5. The van der Waals surface area contributed by atoms with Gasteiger partial charge in [-0.05, 0) is 38.3 Å². The Balaban J connectivity index is 0.000000368. The molecule has 1 saturated heterocycles. The van der Waals surface area contributed by atoms with Crippen LogP contribution in [-0.4, -0.2) is 84.5 Å². The molecule has 4 rings (SSSR count). The number of esters is 3. The summed E-state index contributed by atoms with van der Waals surface area (Å²) in [7, 11) is 0. The third-order valence-electron chi connectivity index (χ3n) is 8.64. The van der Waals surface area contributed by atoms with Crippen molar-refractivity contribution in [3.05, 3.63) is 95.6 Å². The zero-order valence-electron chi connectivity index (χ0n) is 32.2. The summed E-state index contributed by atoms with van der Waals surface area (Å²) < 4.78 is 21.9. The maximum atomic E-state index is 13.2. The van der Waals surface area contributed by atoms with E-state index in [2.05, 4.69) is 10.6 Å². The zero-order chi connectivity index (χ0) is 41.2. The summed E-state index contributed by atoms with van der Waals surface area (Å²) >= 11 is 0. The molecule has 1 fully saturated rings. The minimum atomic E-state index is -1.42. The van der Waals surface area contributed by atoms with Gasteiger partial charge in [0.15, 0.2) is 29.5 Å². The van der Waals surface area contributed by atoms with Crippen LogP contribution < -0.4 is 10.6 Å². The maximum absolute atomic E-state index is 13.2. The maximum Gasteiger partial charge on any atom is 0.332 e. The molecule has 0 radical (unpaired) electrons. The summed E-state index contributed by atoms with van der Waals surface area (Å²) in [6.45, 7) is 8.45. The van der Waals surface area contributed by atoms with Gasteiger partial charge in [0.1, 0.15) is 25.4 Å². The number of unbranched alkanes of at least 4 members (excludes halogenated alkanes) is 1. The summed E-state index contributed by atoms with van der Waals surface area (Å²) in [5, 5.41) is 15.1. The number of anilines is 1. The number of ether oxygens (including phenoxy) is 4. The lowest BCUT2D eigenvalue weighted by Gasteiger charge is -2.29. The minimum Gasteiger partial charge on any atom is -0.505 e. The number of cyclic esters (lactones) is 2. The molecule has 0 aliphatic carbocycles. The second kappa shape index (κ2) is 22.5. The molecule has 1 heterocycles. The van der Waals surface area contributed by atoms with Gasteiger partial charge >= 0.3 is 17.9 Å². The van der Waals surface area contributed by atoms with Crippen LogP contribution >= 0.6 is 0 Å². The first kappa shape index (κ1) is 44.5. The molecule has 5 atom stereocenters. The fourth-order valence-electron chi connectivity index (χ4n) is 5.69. The molecule has 0 bridgehead atoms. The summed E-state index contributed by atoms with van der Waals surface area (Å²) in [5.41, 5.74) is 0.967. The van der Waals surface area contributed by atoms with Crippen LogP contribution in [0.4, 0.5) is 5.69 Å². The SMILES string of the molecule is CCCC[C@H]1C(=O)O[C@H](C)[C@H](NC(=O)c2cccc(NC=O)c2O)C(=O)O[C@@H](C)[C@@H]1OC(=O)CC(C)C.O=C(COCC(=O)c1ccccc1)c1ccccc1. The van der Waals surface area contributed by atoms with E-state index in [0.717, 1.165) is 6.42 Å². The second-order valence-corrected chi connectivity index (χ2v) is 13.6. The second-order valence-electron chi connectivity index (χ2n) is 13.6. The molecule has 300 valence electrons. The predicted octanol–water partition coefficient (Wildman–Crippen LogP) is 5.47. The Hall–Kier alpha value is -5.89. The van der Waals surface area contributed by atoms with Crippen LogP contribution in [0, 0.1) is 11.8 Å². The van der Waals surface area contributed by atoms with Crippen LogP contribution in [0.5, 0.6) is 5.75 Å². The van der Waals surface area contributed by atoms with Gasteiger partial charge in [-0.1, -0.05) is 100 Å². The lowest BCUT2D eigenvalue weighted by Crippen LogP contribution is -2.50. The van der Waals surface area contributed by atoms with Crippen molar-refractivity contribution in [1.29, 1.82) is 0 Å². The van der Waals surface area contributed by atoms with Crippen molar-refractivity contribution in [2.24, 2.45) is 11.8 Å². The number of para-hydroxylation sites is 1. The topological polar surface area (TPSA) is 201 Å². The van der Waals surface area contributed by atoms with Crippen molar-refractivity contribution >= 4 is 47.5 Å². The van der Waals surface area contributed by atoms with E-state index in [9.17, 15) is 38.7 Å². The quantitative estimate of drug-likeness (QED) is 0.0546. The molecule has 1 aliphatic rings. The van der Waals surface area contributed by atoms with Crippen LogP contribution in [0.2, 0.25) is 0 Å². The van der Waals surface area contributed by atoms with Gasteiger partial charge in [-0.15, -0.1) is 0 Å². The van der Waals surface area contributed by atoms with Crippen molar-refractivity contribution < 1.29 is 57.6 Å². The average Bonchev–Trinajstić information content (AvgIpc) is 3.19. The molecule has 0 saturated carbocycles. The lowest BCUT2D eigenvalue weighted by molar-refractivity contribution is -0.175. The molecular weight excluding hydrogens is 724 g/mol. The molecule has 14 nitrogen and oxygen atoms in total. The molecule has 0 unspecified atom stereocenters. The largest absolute Gasteiger partial charge is 0.505 e. The van der Waals surface area contributed by atoms with Crippen molar-refractivity contribution in [3.8, 4) is 5.75 Å². The molecule has 3 aromatic carbocycles. The summed E-state index contributed by atoms with van der Waals surface area (Å²) in [4.78, 5) is 85.9. The van der Waals surface area contributed by atoms with Crippen LogP contribution in [0.25, 0.3) is 0 Å². The van der Waals surface area contributed by atoms with Crippen molar-refractivity contribution in [3.63, 3.8) is 0 Å². The first-order valence-electron chi connectivity index (χ1n) is 18.4. The highest BCUT2D eigenvalue weighted by molar-refractivity contribution is 6.01. The van der Waals surface area contributed by atoms with Crippen molar-refractivity contribution in [2.75, 3.05) is 18.5 Å². The summed E-state index contributed by atoms with van der Waals surface area (Å²) in [6.07, 6.45) is -0.952. The molecule has 0 spiro atoms. The van der Waals surface area contributed by atoms with E-state index < -0.39 is 59.8 Å². The molecule has 1 aliphatic heterocycles. The number of aromatic hydroxyl groups is 1. The van der Waals surface area contributed by atoms with E-state index in [4.69, 9.17) is 18.9 Å². The van der Waals surface area contributed by atoms with E-state index in [1.54, 1.807) is 48.5 Å². The standard InChI is InChI=1S/C26H36N2O9.C16H14O3/c1-6-7-9-18-23(37-20(30)12-14(2)3)16(5)36-26(34)21(15(4)35-25(18)33)28-24(32)17-10-8-11-19(22(17)31)27-13-29;17-15(13-7-3-1-4-8-13)11-19-12-16(18)14-9-5-2-6-10-14/h8,10-11,13-16,18,21,23,31H,6-7,9,12H2,1-5H3,(H,27,29)(H,28,32);1-10H,11-12H2/t15-,16+,18-,21+,23+;/m1./s1. The number of hydrogen-bond acceptors (Lipinski definition) is 12. The first-order chi connectivity index (χ1) is 26.8. The Morgan fingerprint density at radius 2 is 1.39 bits per heavy atom. The van der Waals surface area contributed by atoms with E-state index in [0.29, 0.717) is 30.4 Å². The number of benzene rings is 3. The number of ketones is 2. The Bertz CT molecular complexity index is 1750. The smallest absolute Gasteiger partial charge is 0.332 e. The third kappa shape index (κ3) is 13.4. The summed E-state index contributed by atoms with van der Waals surface area (Å²) in [5.74, 6) is -4.54. The van der Waals surface area contributed by atoms with Gasteiger partial charge < -0.3 is 34.7 Å². The molecule has 3 N–H and O–H groups in total. The Morgan fingerprint density at radius 1 is 0.821 bits per heavy atom. The van der Waals surface area contributed by atoms with Crippen molar-refractivity contribution in [1.82, 2.24) is 5.32 Å². The Labute approximate surface area is 326 Å². The van der Waals surface area contributed by atoms with E-state index in [-0.39, 0.29) is 48.4 Å². The number of Topliss-reactive ketones (excluding diaryl/α,β-unsaturated/α-hetero) is 2. The van der Waals surface area contributed by atoms with Gasteiger partial charge in [-0.2, -0.15) is 0 Å². The molecular formula is C42H50N2O12. The highest BCUT2D eigenvalue weighted by Gasteiger charge is 2.44. The average molecular weight is 775 g/mol. The first-order valence-corrected chi connectivity index (χ1v) is 18.4. The van der Waals surface area contributed by atoms with Gasteiger partial charge in [0.2, 0.25) is 6.41 Å². The van der Waals surface area contributed by atoms with E-state index in [1.165, 1.54) is 32.0 Å². The molecule has 0 aromatic heterocycles. The van der Waals surface area contributed by atoms with Gasteiger partial charge in [0.05, 0.1) is 17.2 Å². The van der Waals surface area contributed by atoms with Crippen LogP contribution in [0.3, 0.4) is 0 Å². The van der Waals surface area contributed by atoms with Crippen LogP contribution in [0.15, 0.2) is 78.9 Å². The highest BCUT2D eigenvalue weighted by atomic mass is 16.6. The minimum absolute atomic E-state index is 0.00221. The van der Waals surface area contributed by atoms with Gasteiger partial charge in [-0.25, -0.2) is 4.79 Å².